The molecule has 0 saturated carbocycles. The quantitative estimate of drug-likeness (QED) is 0.0334. The topological polar surface area (TPSA) is 144 Å². The van der Waals surface area contributed by atoms with Crippen molar-refractivity contribution in [3.63, 3.8) is 0 Å². The molecule has 2 aromatic rings. The van der Waals surface area contributed by atoms with Gasteiger partial charge in [-0.1, -0.05) is 92.0 Å². The smallest absolute Gasteiger partial charge is 0.412 e. The van der Waals surface area contributed by atoms with Gasteiger partial charge >= 0.3 is 6.09 Å². The Bertz CT molecular complexity index is 1790. The predicted molar refractivity (Wildman–Crippen MR) is 233 cm³/mol. The second kappa shape index (κ2) is 30.2. The molecule has 0 atom stereocenters. The van der Waals surface area contributed by atoms with Gasteiger partial charge in [0.15, 0.2) is 34.6 Å². The highest BCUT2D eigenvalue weighted by Gasteiger charge is 2.12. The molecule has 0 aliphatic carbocycles. The lowest BCUT2D eigenvalue weighted by Crippen LogP contribution is -2.38. The number of hydrogen-bond donors (Lipinski definition) is 3. The molecule has 0 fully saturated rings. The van der Waals surface area contributed by atoms with E-state index in [1.807, 2.05) is 11.9 Å². The van der Waals surface area contributed by atoms with Crippen molar-refractivity contribution in [3.05, 3.63) is 120 Å². The molecular weight excluding hydrogens is 735 g/mol. The highest BCUT2D eigenvalue weighted by molar-refractivity contribution is 6.10. The van der Waals surface area contributed by atoms with Crippen LogP contribution in [0.15, 0.2) is 109 Å². The number of ketones is 2. The third kappa shape index (κ3) is 22.6. The number of methoxy groups -OCH3 is 2. The Morgan fingerprint density at radius 2 is 1.19 bits per heavy atom. The van der Waals surface area contributed by atoms with Crippen LogP contribution in [0.2, 0.25) is 0 Å². The van der Waals surface area contributed by atoms with Crippen LogP contribution in [0.3, 0.4) is 0 Å². The van der Waals surface area contributed by atoms with E-state index in [0.29, 0.717) is 49.5 Å². The van der Waals surface area contributed by atoms with Crippen molar-refractivity contribution in [2.75, 3.05) is 47.4 Å². The van der Waals surface area contributed by atoms with Gasteiger partial charge in [-0.25, -0.2) is 4.79 Å². The molecular formula is C47H61N3O8. The Morgan fingerprint density at radius 3 is 1.76 bits per heavy atom. The third-order valence-corrected chi connectivity index (χ3v) is 8.38. The fraction of sp³-hybridized carbons (Fsp3) is 0.362. The predicted octanol–water partition coefficient (Wildman–Crippen LogP) is 8.72. The lowest BCUT2D eigenvalue weighted by molar-refractivity contribution is -0.122. The third-order valence-electron chi connectivity index (χ3n) is 8.38. The summed E-state index contributed by atoms with van der Waals surface area (Å²) in [6.07, 6.45) is 33.4. The molecule has 11 heteroatoms. The van der Waals surface area contributed by atoms with Crippen LogP contribution in [0.5, 0.6) is 23.0 Å². The molecule has 312 valence electrons. The van der Waals surface area contributed by atoms with Gasteiger partial charge in [-0.15, -0.1) is 0 Å². The van der Waals surface area contributed by atoms with E-state index >= 15 is 0 Å². The summed E-state index contributed by atoms with van der Waals surface area (Å²) in [6, 6.07) is 9.47. The summed E-state index contributed by atoms with van der Waals surface area (Å²) in [7, 11) is 4.77. The number of allylic oxidation sites excluding steroid dienone is 12. The Hall–Kier alpha value is -5.94. The summed E-state index contributed by atoms with van der Waals surface area (Å²) in [6.45, 7) is 4.16. The van der Waals surface area contributed by atoms with Crippen LogP contribution in [0.4, 0.5) is 4.79 Å². The number of nitrogens with zero attached hydrogens (tertiary/aromatic N) is 1. The van der Waals surface area contributed by atoms with Gasteiger partial charge in [0.05, 0.1) is 20.6 Å². The van der Waals surface area contributed by atoms with Gasteiger partial charge in [0, 0.05) is 32.6 Å². The van der Waals surface area contributed by atoms with Gasteiger partial charge in [0.25, 0.3) is 0 Å². The normalized spacial score (nSPS) is 12.0. The first-order valence-electron chi connectivity index (χ1n) is 19.8. The number of carbonyl (C=O) groups is 4. The van der Waals surface area contributed by atoms with E-state index in [2.05, 4.69) is 78.3 Å². The maximum atomic E-state index is 12.5. The van der Waals surface area contributed by atoms with Gasteiger partial charge in [-0.3, -0.25) is 14.4 Å². The number of amides is 2. The molecule has 0 bridgehead atoms. The summed E-state index contributed by atoms with van der Waals surface area (Å²) in [4.78, 5) is 51.4. The highest BCUT2D eigenvalue weighted by atomic mass is 16.6. The van der Waals surface area contributed by atoms with Crippen LogP contribution in [-0.4, -0.2) is 81.0 Å². The number of carbonyl (C=O) groups excluding carboxylic acids is 4. The molecule has 0 spiro atoms. The zero-order valence-electron chi connectivity index (χ0n) is 34.5. The van der Waals surface area contributed by atoms with Gasteiger partial charge in [0.2, 0.25) is 5.91 Å². The molecule has 2 rings (SSSR count). The molecule has 0 aliphatic heterocycles. The fourth-order valence-electron chi connectivity index (χ4n) is 5.16. The largest absolute Gasteiger partial charge is 0.504 e. The molecule has 0 saturated heterocycles. The molecule has 0 radical (unpaired) electrons. The van der Waals surface area contributed by atoms with E-state index in [4.69, 9.17) is 14.2 Å². The Labute approximate surface area is 344 Å². The summed E-state index contributed by atoms with van der Waals surface area (Å²) in [5.74, 6) is 0.00564. The number of hydrogen-bond acceptors (Lipinski definition) is 9. The van der Waals surface area contributed by atoms with Crippen LogP contribution in [0.1, 0.15) is 75.8 Å². The van der Waals surface area contributed by atoms with E-state index in [0.717, 1.165) is 44.9 Å². The minimum absolute atomic E-state index is 0.0135. The van der Waals surface area contributed by atoms with E-state index in [-0.39, 0.29) is 35.4 Å². The van der Waals surface area contributed by atoms with Crippen LogP contribution >= 0.6 is 0 Å². The number of rotatable bonds is 28. The lowest BCUT2D eigenvalue weighted by Gasteiger charge is -2.17. The highest BCUT2D eigenvalue weighted by Crippen LogP contribution is 2.29. The zero-order valence-corrected chi connectivity index (χ0v) is 34.5. The van der Waals surface area contributed by atoms with E-state index in [9.17, 15) is 24.3 Å². The minimum atomic E-state index is -0.650. The van der Waals surface area contributed by atoms with Crippen molar-refractivity contribution in [1.82, 2.24) is 15.5 Å². The monoisotopic (exact) mass is 795 g/mol. The average molecular weight is 796 g/mol. The van der Waals surface area contributed by atoms with Gasteiger partial charge in [0.1, 0.15) is 0 Å². The van der Waals surface area contributed by atoms with Crippen LogP contribution in [-0.2, 0) is 14.4 Å². The van der Waals surface area contributed by atoms with Crippen LogP contribution in [0, 0.1) is 0 Å². The van der Waals surface area contributed by atoms with E-state index < -0.39 is 11.9 Å². The number of phenols is 1. The maximum Gasteiger partial charge on any atom is 0.412 e. The number of nitrogens with one attached hydrogen (secondary N) is 2. The number of unbranched alkanes of at least 4 members (excludes halogenated alkanes) is 1. The molecule has 11 nitrogen and oxygen atoms in total. The Balaban J connectivity index is 1.58. The zero-order chi connectivity index (χ0) is 42.2. The fourth-order valence-corrected chi connectivity index (χ4v) is 5.16. The van der Waals surface area contributed by atoms with E-state index in [1.54, 1.807) is 42.5 Å². The number of aromatic hydroxyl groups is 1. The molecule has 0 aliphatic rings. The number of likely N-dealkylation sites (N-methyl/N-ethyl adjacent to an activating group) is 1. The molecule has 58 heavy (non-hydrogen) atoms. The summed E-state index contributed by atoms with van der Waals surface area (Å²) < 4.78 is 15.9. The van der Waals surface area contributed by atoms with Crippen molar-refractivity contribution in [3.8, 4) is 23.0 Å². The molecule has 3 N–H and O–H groups in total. The van der Waals surface area contributed by atoms with Crippen molar-refractivity contribution >= 4 is 35.7 Å². The molecule has 0 unspecified atom stereocenters. The molecule has 0 heterocycles. The first-order chi connectivity index (χ1) is 28.1. The molecule has 2 aromatic carbocycles. The second-order valence-electron chi connectivity index (χ2n) is 13.2. The first-order valence-corrected chi connectivity index (χ1v) is 19.8. The van der Waals surface area contributed by atoms with Crippen LogP contribution < -0.4 is 24.8 Å². The number of phenolic OH excluding ortho intramolecular Hbond substituents is 1. The van der Waals surface area contributed by atoms with Crippen molar-refractivity contribution in [2.24, 2.45) is 0 Å². The van der Waals surface area contributed by atoms with Gasteiger partial charge in [-0.2, -0.15) is 0 Å². The van der Waals surface area contributed by atoms with Gasteiger partial charge < -0.3 is 34.9 Å². The first kappa shape index (κ1) is 48.2. The number of ether oxygens (including phenoxy) is 3. The standard InChI is InChI=1S/C47H61N3O8/c1-5-6-7-8-9-10-11-12-13-14-15-16-17-18-19-20-21-22-46(54)48-31-33-50(2)34-32-49-47(55)58-43-30-26-39(36-45(43)57-4)24-28-41(52)37-40(51)27-23-38-25-29-42(53)44(35-38)56-3/h6-7,9-10,12-13,15-16,18-19,23-30,35-36,53H,5,8,11,14,17,20-22,31-34,37H2,1-4H3,(H,48,54)(H,49,55)/b7-6+,10-9+,13-12+,16-15+,19-18+,27-23+,28-24+. The maximum absolute atomic E-state index is 12.5. The van der Waals surface area contributed by atoms with Crippen LogP contribution in [0.25, 0.3) is 12.2 Å². The lowest BCUT2D eigenvalue weighted by atomic mass is 10.1. The Kier molecular flexibility index (Phi) is 25.1. The SMILES string of the molecule is CC/C=C/C/C=C/C/C=C/C/C=C/C/C=C/CCCC(=O)NCCN(C)CCNC(=O)Oc1ccc(/C=C/C(=O)CC(=O)/C=C/c2ccc(O)c(OC)c2)cc1OC. The average Bonchev–Trinajstić information content (AvgIpc) is 3.21. The molecule has 2 amide bonds. The van der Waals surface area contributed by atoms with Crippen molar-refractivity contribution in [1.29, 1.82) is 0 Å². The van der Waals surface area contributed by atoms with Crippen molar-refractivity contribution in [2.45, 2.75) is 64.7 Å². The minimum Gasteiger partial charge on any atom is -0.504 e. The van der Waals surface area contributed by atoms with Gasteiger partial charge in [-0.05, 0) is 99.5 Å². The van der Waals surface area contributed by atoms with Crippen molar-refractivity contribution < 1.29 is 38.5 Å². The summed E-state index contributed by atoms with van der Waals surface area (Å²) >= 11 is 0. The summed E-state index contributed by atoms with van der Waals surface area (Å²) in [5, 5.41) is 15.4. The summed E-state index contributed by atoms with van der Waals surface area (Å²) in [5.41, 5.74) is 1.25. The molecule has 0 aromatic heterocycles. The second-order valence-corrected chi connectivity index (χ2v) is 13.2. The Morgan fingerprint density at radius 1 is 0.672 bits per heavy atom. The van der Waals surface area contributed by atoms with E-state index in [1.165, 1.54) is 32.4 Å². The number of benzene rings is 2.